The fraction of sp³-hybridized carbons (Fsp3) is 0.222. The van der Waals surface area contributed by atoms with Gasteiger partial charge in [-0.1, -0.05) is 0 Å². The van der Waals surface area contributed by atoms with Crippen LogP contribution in [0, 0.1) is 23.2 Å². The fourth-order valence-corrected chi connectivity index (χ4v) is 3.94. The van der Waals surface area contributed by atoms with Gasteiger partial charge in [-0.15, -0.1) is 11.3 Å². The Morgan fingerprint density at radius 3 is 2.70 bits per heavy atom. The van der Waals surface area contributed by atoms with Crippen molar-refractivity contribution in [2.24, 2.45) is 0 Å². The summed E-state index contributed by atoms with van der Waals surface area (Å²) in [5.41, 5.74) is 2.24. The largest absolute Gasteiger partial charge is 0.493 e. The molecule has 7 nitrogen and oxygen atoms in total. The van der Waals surface area contributed by atoms with Gasteiger partial charge in [-0.2, -0.15) is 0 Å². The molecule has 2 aromatic rings. The molecule has 9 heteroatoms. The third kappa shape index (κ3) is 3.56. The normalized spacial score (nSPS) is 15.0. The molecule has 0 atom stereocenters. The van der Waals surface area contributed by atoms with Crippen LogP contribution in [0.15, 0.2) is 17.7 Å². The van der Waals surface area contributed by atoms with Crippen molar-refractivity contribution in [3.63, 3.8) is 0 Å². The van der Waals surface area contributed by atoms with Crippen molar-refractivity contribution in [3.05, 3.63) is 43.2 Å². The number of carboxylic acids is 1. The van der Waals surface area contributed by atoms with Gasteiger partial charge < -0.3 is 14.9 Å². The minimum absolute atomic E-state index is 0.00249. The summed E-state index contributed by atoms with van der Waals surface area (Å²) in [5.74, 6) is -1.60. The number of thiazole rings is 1. The number of nitrogens with zero attached hydrogens (tertiary/aromatic N) is 1. The van der Waals surface area contributed by atoms with Crippen LogP contribution in [0.2, 0.25) is 0 Å². The number of fused-ring (bicyclic) bond motifs is 1. The smallest absolute Gasteiger partial charge is 0.305 e. The quantitative estimate of drug-likeness (QED) is 0.529. The molecule has 0 aliphatic carbocycles. The minimum Gasteiger partial charge on any atom is -0.493 e. The van der Waals surface area contributed by atoms with E-state index in [4.69, 9.17) is 27.5 Å². The predicted molar refractivity (Wildman–Crippen MR) is 104 cm³/mol. The molecule has 2 heterocycles. The first-order valence-corrected chi connectivity index (χ1v) is 9.20. The van der Waals surface area contributed by atoms with Crippen molar-refractivity contribution in [1.29, 1.82) is 5.41 Å². The molecule has 0 saturated heterocycles. The molecule has 140 valence electrons. The summed E-state index contributed by atoms with van der Waals surface area (Å²) in [6.07, 6.45) is 1.16. The summed E-state index contributed by atoms with van der Waals surface area (Å²) < 4.78 is 7.06. The lowest BCUT2D eigenvalue weighted by atomic mass is 9.95. The van der Waals surface area contributed by atoms with Crippen LogP contribution in [0.25, 0.3) is 6.08 Å². The van der Waals surface area contributed by atoms with Crippen LogP contribution >= 0.6 is 23.6 Å². The van der Waals surface area contributed by atoms with Gasteiger partial charge in [0.1, 0.15) is 5.75 Å². The van der Waals surface area contributed by atoms with E-state index < -0.39 is 5.97 Å². The summed E-state index contributed by atoms with van der Waals surface area (Å²) in [6, 6.07) is 3.44. The zero-order valence-corrected chi connectivity index (χ0v) is 16.2. The van der Waals surface area contributed by atoms with Crippen molar-refractivity contribution in [2.75, 3.05) is 0 Å². The van der Waals surface area contributed by atoms with Gasteiger partial charge in [0.15, 0.2) is 3.95 Å². The van der Waals surface area contributed by atoms with Crippen LogP contribution in [0.4, 0.5) is 0 Å². The lowest BCUT2D eigenvalue weighted by Gasteiger charge is -2.20. The second-order valence-corrected chi connectivity index (χ2v) is 7.78. The van der Waals surface area contributed by atoms with Crippen LogP contribution in [0.5, 0.6) is 11.6 Å². The van der Waals surface area contributed by atoms with E-state index in [1.807, 2.05) is 13.8 Å². The van der Waals surface area contributed by atoms with Crippen molar-refractivity contribution in [2.45, 2.75) is 26.8 Å². The van der Waals surface area contributed by atoms with E-state index in [1.165, 1.54) is 10.6 Å². The molecule has 27 heavy (non-hydrogen) atoms. The number of aliphatic carboxylic acids is 1. The van der Waals surface area contributed by atoms with Crippen molar-refractivity contribution in [3.8, 4) is 11.6 Å². The Bertz CT molecular complexity index is 1080. The molecule has 3 N–H and O–H groups in total. The molecule has 0 saturated carbocycles. The number of nitrogens with one attached hydrogen (secondary N) is 1. The Kier molecular flexibility index (Phi) is 4.99. The highest BCUT2D eigenvalue weighted by Gasteiger charge is 2.29. The number of ketones is 1. The number of hydrogen-bond donors (Lipinski definition) is 3. The standard InChI is InChI=1S/C18H16N2O5S2/c1-8-5-10-12(6-9(8)2)25-16(19)11(15(10)23)7-13-17(24)20(18(26)27-13)4-3-14(21)22/h5-7,19,24H,3-4H2,1-2H3,(H,21,22)/b11-7+,19-16?. The molecule has 1 aromatic heterocycles. The lowest BCUT2D eigenvalue weighted by Crippen LogP contribution is -2.24. The summed E-state index contributed by atoms with van der Waals surface area (Å²) in [7, 11) is 0. The Balaban J connectivity index is 2.02. The monoisotopic (exact) mass is 404 g/mol. The Morgan fingerprint density at radius 2 is 2.04 bits per heavy atom. The second kappa shape index (κ2) is 7.09. The number of aromatic nitrogens is 1. The highest BCUT2D eigenvalue weighted by molar-refractivity contribution is 7.73. The number of Topliss-reactive ketones (excluding diaryl/α,β-unsaturated/α-hetero) is 1. The Morgan fingerprint density at radius 1 is 1.37 bits per heavy atom. The predicted octanol–water partition coefficient (Wildman–Crippen LogP) is 3.71. The van der Waals surface area contributed by atoms with Crippen molar-refractivity contribution >= 4 is 47.3 Å². The summed E-state index contributed by atoms with van der Waals surface area (Å²) in [4.78, 5) is 23.9. The molecule has 0 fully saturated rings. The second-order valence-electron chi connectivity index (χ2n) is 6.10. The SMILES string of the molecule is Cc1cc2c(cc1C)C(=O)/C(=C\c1sc(=S)n(CCC(=O)O)c1O)C(=N)O2. The average molecular weight is 404 g/mol. The molecule has 1 aliphatic heterocycles. The maximum atomic E-state index is 12.8. The van der Waals surface area contributed by atoms with E-state index in [-0.39, 0.29) is 44.9 Å². The third-order valence-electron chi connectivity index (χ3n) is 4.26. The fourth-order valence-electron chi connectivity index (χ4n) is 2.64. The van der Waals surface area contributed by atoms with Crippen LogP contribution in [-0.4, -0.2) is 32.4 Å². The zero-order valence-electron chi connectivity index (χ0n) is 14.5. The number of carbonyl (C=O) groups is 2. The maximum absolute atomic E-state index is 12.8. The number of aryl methyl sites for hydroxylation is 2. The molecule has 0 spiro atoms. The molecular formula is C18H16N2O5S2. The van der Waals surface area contributed by atoms with Crippen LogP contribution in [0.3, 0.4) is 0 Å². The van der Waals surface area contributed by atoms with Gasteiger partial charge in [-0.3, -0.25) is 19.6 Å². The highest BCUT2D eigenvalue weighted by atomic mass is 32.1. The van der Waals surface area contributed by atoms with E-state index in [2.05, 4.69) is 0 Å². The highest BCUT2D eigenvalue weighted by Crippen LogP contribution is 2.34. The van der Waals surface area contributed by atoms with E-state index in [0.29, 0.717) is 11.3 Å². The number of benzene rings is 1. The molecular weight excluding hydrogens is 388 g/mol. The van der Waals surface area contributed by atoms with Gasteiger partial charge in [0.2, 0.25) is 17.6 Å². The van der Waals surface area contributed by atoms with Gasteiger partial charge >= 0.3 is 5.97 Å². The summed E-state index contributed by atoms with van der Waals surface area (Å²) in [5, 5.41) is 27.2. The van der Waals surface area contributed by atoms with Gasteiger partial charge in [0.25, 0.3) is 0 Å². The maximum Gasteiger partial charge on any atom is 0.305 e. The van der Waals surface area contributed by atoms with Crippen molar-refractivity contribution in [1.82, 2.24) is 4.57 Å². The van der Waals surface area contributed by atoms with E-state index >= 15 is 0 Å². The van der Waals surface area contributed by atoms with Gasteiger partial charge in [0, 0.05) is 6.54 Å². The number of aromatic hydroxyl groups is 1. The molecule has 1 aliphatic rings. The number of carboxylic acid groups (broad SMARTS) is 1. The topological polar surface area (TPSA) is 113 Å². The van der Waals surface area contributed by atoms with E-state index in [9.17, 15) is 14.7 Å². The average Bonchev–Trinajstić information content (AvgIpc) is 2.85. The van der Waals surface area contributed by atoms with Crippen molar-refractivity contribution < 1.29 is 24.5 Å². The first-order chi connectivity index (χ1) is 12.7. The molecule has 1 aromatic carbocycles. The van der Waals surface area contributed by atoms with Gasteiger partial charge in [0.05, 0.1) is 22.4 Å². The molecule has 0 bridgehead atoms. The van der Waals surface area contributed by atoms with Crippen LogP contribution in [0.1, 0.15) is 32.8 Å². The molecule has 3 rings (SSSR count). The first-order valence-electron chi connectivity index (χ1n) is 7.98. The summed E-state index contributed by atoms with van der Waals surface area (Å²) in [6.45, 7) is 3.79. The van der Waals surface area contributed by atoms with E-state index in [1.54, 1.807) is 12.1 Å². The molecule has 0 radical (unpaired) electrons. The number of hydrogen-bond acceptors (Lipinski definition) is 7. The number of rotatable bonds is 4. The third-order valence-corrected chi connectivity index (χ3v) is 5.65. The molecule has 0 unspecified atom stereocenters. The Labute approximate surface area is 163 Å². The number of ether oxygens (including phenoxy) is 1. The number of carbonyl (C=O) groups excluding carboxylic acids is 1. The Hall–Kier alpha value is -2.78. The lowest BCUT2D eigenvalue weighted by molar-refractivity contribution is -0.137. The zero-order chi connectivity index (χ0) is 19.9. The minimum atomic E-state index is -1.01. The van der Waals surface area contributed by atoms with Gasteiger partial charge in [-0.25, -0.2) is 0 Å². The van der Waals surface area contributed by atoms with E-state index in [0.717, 1.165) is 22.5 Å². The van der Waals surface area contributed by atoms with Crippen LogP contribution < -0.4 is 4.74 Å². The first kappa shape index (κ1) is 19.0. The van der Waals surface area contributed by atoms with Gasteiger partial charge in [-0.05, 0) is 55.4 Å². The molecule has 0 amide bonds. The summed E-state index contributed by atoms with van der Waals surface area (Å²) >= 11 is 6.19. The van der Waals surface area contributed by atoms with Crippen LogP contribution in [-0.2, 0) is 11.3 Å².